The second-order valence-electron chi connectivity index (χ2n) is 2.09. The van der Waals surface area contributed by atoms with Crippen LogP contribution in [0.4, 0.5) is 0 Å². The Bertz CT molecular complexity index is 216. The Balaban J connectivity index is 2.29. The highest BCUT2D eigenvalue weighted by molar-refractivity contribution is 8.13. The van der Waals surface area contributed by atoms with E-state index < -0.39 is 0 Å². The van der Waals surface area contributed by atoms with Crippen molar-refractivity contribution in [2.75, 3.05) is 0 Å². The van der Waals surface area contributed by atoms with Gasteiger partial charge in [-0.2, -0.15) is 0 Å². The van der Waals surface area contributed by atoms with E-state index in [9.17, 15) is 4.79 Å². The van der Waals surface area contributed by atoms with E-state index in [1.807, 2.05) is 18.4 Å². The van der Waals surface area contributed by atoms with Crippen LogP contribution in [-0.4, -0.2) is 5.12 Å². The summed E-state index contributed by atoms with van der Waals surface area (Å²) in [7, 11) is 0. The van der Waals surface area contributed by atoms with Crippen LogP contribution in [0, 0.1) is 0 Å². The van der Waals surface area contributed by atoms with E-state index in [-0.39, 0.29) is 5.12 Å². The molecule has 0 aliphatic heterocycles. The molecule has 1 heterocycles. The zero-order chi connectivity index (χ0) is 8.10. The van der Waals surface area contributed by atoms with Crippen molar-refractivity contribution in [1.82, 2.24) is 0 Å². The molecule has 60 valence electrons. The summed E-state index contributed by atoms with van der Waals surface area (Å²) in [4.78, 5) is 12.1. The summed E-state index contributed by atoms with van der Waals surface area (Å²) in [5, 5.41) is 2.31. The summed E-state index contributed by atoms with van der Waals surface area (Å²) >= 11 is 3.11. The summed E-state index contributed by atoms with van der Waals surface area (Å²) in [6, 6.07) is 4.07. The first-order valence-corrected chi connectivity index (χ1v) is 5.37. The molecule has 1 nitrogen and oxygen atoms in total. The molecule has 0 atom stereocenters. The molecule has 1 aromatic heterocycles. The summed E-state index contributed by atoms with van der Waals surface area (Å²) in [5.74, 6) is 0.838. The average Bonchev–Trinajstić information content (AvgIpc) is 2.52. The van der Waals surface area contributed by atoms with E-state index in [0.29, 0.717) is 6.42 Å². The van der Waals surface area contributed by atoms with Gasteiger partial charge in [-0.05, 0) is 11.4 Å². The molecule has 0 saturated heterocycles. The van der Waals surface area contributed by atoms with Gasteiger partial charge in [-0.15, -0.1) is 11.3 Å². The van der Waals surface area contributed by atoms with Gasteiger partial charge >= 0.3 is 0 Å². The van der Waals surface area contributed by atoms with Crippen molar-refractivity contribution in [1.29, 1.82) is 0 Å². The van der Waals surface area contributed by atoms with E-state index in [1.165, 1.54) is 16.6 Å². The fourth-order valence-corrected chi connectivity index (χ4v) is 2.19. The van der Waals surface area contributed by atoms with E-state index in [2.05, 4.69) is 6.07 Å². The first kappa shape index (κ1) is 8.81. The minimum Gasteiger partial charge on any atom is -0.287 e. The largest absolute Gasteiger partial charge is 0.287 e. The number of hydrogen-bond acceptors (Lipinski definition) is 3. The lowest BCUT2D eigenvalue weighted by Crippen LogP contribution is -1.87. The van der Waals surface area contributed by atoms with Crippen LogP contribution in [0.25, 0.3) is 0 Å². The minimum atomic E-state index is 0.276. The molecule has 0 saturated carbocycles. The lowest BCUT2D eigenvalue weighted by Gasteiger charge is -1.93. The molecule has 0 N–H and O–H groups in total. The summed E-state index contributed by atoms with van der Waals surface area (Å²) in [6.07, 6.45) is 0.635. The SMILES string of the molecule is CCC(=O)SCc1cccs1. The normalized spacial score (nSPS) is 9.91. The molecular weight excluding hydrogens is 176 g/mol. The average molecular weight is 186 g/mol. The lowest BCUT2D eigenvalue weighted by atomic mass is 10.5. The van der Waals surface area contributed by atoms with Gasteiger partial charge in [0.25, 0.3) is 0 Å². The Morgan fingerprint density at radius 1 is 1.73 bits per heavy atom. The van der Waals surface area contributed by atoms with Gasteiger partial charge < -0.3 is 0 Å². The number of hydrogen-bond donors (Lipinski definition) is 0. The molecule has 0 aromatic carbocycles. The van der Waals surface area contributed by atoms with Crippen LogP contribution < -0.4 is 0 Å². The van der Waals surface area contributed by atoms with Crippen LogP contribution in [0.2, 0.25) is 0 Å². The van der Waals surface area contributed by atoms with Gasteiger partial charge in [-0.1, -0.05) is 24.8 Å². The zero-order valence-corrected chi connectivity index (χ0v) is 8.00. The van der Waals surface area contributed by atoms with E-state index in [4.69, 9.17) is 0 Å². The van der Waals surface area contributed by atoms with Crippen molar-refractivity contribution in [3.8, 4) is 0 Å². The van der Waals surface area contributed by atoms with Crippen LogP contribution in [0.15, 0.2) is 17.5 Å². The second kappa shape index (κ2) is 4.57. The molecule has 0 radical (unpaired) electrons. The molecule has 1 rings (SSSR count). The predicted molar refractivity (Wildman–Crippen MR) is 50.9 cm³/mol. The van der Waals surface area contributed by atoms with Crippen molar-refractivity contribution < 1.29 is 4.79 Å². The first-order valence-electron chi connectivity index (χ1n) is 3.51. The highest BCUT2D eigenvalue weighted by atomic mass is 32.2. The van der Waals surface area contributed by atoms with Gasteiger partial charge in [-0.3, -0.25) is 4.79 Å². The lowest BCUT2D eigenvalue weighted by molar-refractivity contribution is -0.110. The van der Waals surface area contributed by atoms with E-state index in [1.54, 1.807) is 11.3 Å². The van der Waals surface area contributed by atoms with Crippen LogP contribution in [0.5, 0.6) is 0 Å². The van der Waals surface area contributed by atoms with Crippen molar-refractivity contribution in [3.63, 3.8) is 0 Å². The maximum atomic E-state index is 10.9. The summed E-state index contributed by atoms with van der Waals surface area (Å²) in [5.41, 5.74) is 0. The Labute approximate surface area is 74.8 Å². The molecule has 0 spiro atoms. The fourth-order valence-electron chi connectivity index (χ4n) is 0.648. The van der Waals surface area contributed by atoms with Crippen molar-refractivity contribution in [2.24, 2.45) is 0 Å². The zero-order valence-electron chi connectivity index (χ0n) is 6.37. The molecule has 3 heteroatoms. The van der Waals surface area contributed by atoms with Gasteiger partial charge in [0.05, 0.1) is 0 Å². The van der Waals surface area contributed by atoms with Crippen molar-refractivity contribution >= 4 is 28.2 Å². The first-order chi connectivity index (χ1) is 5.33. The monoisotopic (exact) mass is 186 g/mol. The third-order valence-corrected chi connectivity index (χ3v) is 3.37. The van der Waals surface area contributed by atoms with Gasteiger partial charge in [0.2, 0.25) is 0 Å². The molecule has 1 aromatic rings. The standard InChI is InChI=1S/C8H10OS2/c1-2-8(9)11-6-7-4-3-5-10-7/h3-5H,2,6H2,1H3. The van der Waals surface area contributed by atoms with Gasteiger partial charge in [0, 0.05) is 17.1 Å². The number of rotatable bonds is 3. The Hall–Kier alpha value is -0.280. The van der Waals surface area contributed by atoms with Crippen LogP contribution >= 0.6 is 23.1 Å². The Morgan fingerprint density at radius 3 is 3.09 bits per heavy atom. The quantitative estimate of drug-likeness (QED) is 0.722. The minimum absolute atomic E-state index is 0.276. The van der Waals surface area contributed by atoms with Crippen LogP contribution in [0.1, 0.15) is 18.2 Å². The number of carbonyl (C=O) groups is 1. The van der Waals surface area contributed by atoms with Crippen LogP contribution in [-0.2, 0) is 10.5 Å². The molecule has 0 aliphatic carbocycles. The smallest absolute Gasteiger partial charge is 0.189 e. The Kier molecular flexibility index (Phi) is 3.66. The predicted octanol–water partition coefficient (Wildman–Crippen LogP) is 2.92. The number of thioether (sulfide) groups is 1. The highest BCUT2D eigenvalue weighted by Crippen LogP contribution is 2.18. The third kappa shape index (κ3) is 3.08. The summed E-state index contributed by atoms with van der Waals surface area (Å²) < 4.78 is 0. The highest BCUT2D eigenvalue weighted by Gasteiger charge is 1.99. The molecule has 0 amide bonds. The summed E-state index contributed by atoms with van der Waals surface area (Å²) in [6.45, 7) is 1.89. The molecule has 0 aliphatic rings. The molecule has 0 fully saturated rings. The fraction of sp³-hybridized carbons (Fsp3) is 0.375. The maximum absolute atomic E-state index is 10.9. The molecule has 0 unspecified atom stereocenters. The third-order valence-electron chi connectivity index (χ3n) is 1.24. The van der Waals surface area contributed by atoms with Crippen LogP contribution in [0.3, 0.4) is 0 Å². The van der Waals surface area contributed by atoms with Crippen molar-refractivity contribution in [2.45, 2.75) is 19.1 Å². The van der Waals surface area contributed by atoms with Gasteiger partial charge in [0.15, 0.2) is 5.12 Å². The van der Waals surface area contributed by atoms with E-state index >= 15 is 0 Å². The Morgan fingerprint density at radius 2 is 2.55 bits per heavy atom. The van der Waals surface area contributed by atoms with Gasteiger partial charge in [-0.25, -0.2) is 0 Å². The molecule has 0 bridgehead atoms. The number of carbonyl (C=O) groups excluding carboxylic acids is 1. The van der Waals surface area contributed by atoms with Gasteiger partial charge in [0.1, 0.15) is 0 Å². The topological polar surface area (TPSA) is 17.1 Å². The maximum Gasteiger partial charge on any atom is 0.189 e. The molecular formula is C8H10OS2. The number of thiophene rings is 1. The van der Waals surface area contributed by atoms with Crippen molar-refractivity contribution in [3.05, 3.63) is 22.4 Å². The molecule has 11 heavy (non-hydrogen) atoms. The van der Waals surface area contributed by atoms with E-state index in [0.717, 1.165) is 5.75 Å². The second-order valence-corrected chi connectivity index (χ2v) is 4.16.